The first-order valence-electron chi connectivity index (χ1n) is 5.17. The fraction of sp³-hybridized carbons (Fsp3) is 0.455. The summed E-state index contributed by atoms with van der Waals surface area (Å²) in [5.41, 5.74) is 0.837. The smallest absolute Gasteiger partial charge is 0.269 e. The fourth-order valence-corrected chi connectivity index (χ4v) is 1.80. The third-order valence-corrected chi connectivity index (χ3v) is 2.70. The molecule has 0 spiro atoms. The average molecular weight is 225 g/mol. The molecule has 1 aromatic rings. The van der Waals surface area contributed by atoms with Crippen LogP contribution >= 0.6 is 0 Å². The molecule has 1 saturated heterocycles. The minimum absolute atomic E-state index is 0.0383. The van der Waals surface area contributed by atoms with E-state index in [1.807, 2.05) is 0 Å². The summed E-state index contributed by atoms with van der Waals surface area (Å²) in [6.45, 7) is 0.406. The summed E-state index contributed by atoms with van der Waals surface area (Å²) in [4.78, 5) is 10.00. The monoisotopic (exact) mass is 225 g/mol. The molecule has 0 amide bonds. The third-order valence-electron chi connectivity index (χ3n) is 2.70. The molecule has 1 aliphatic heterocycles. The number of hydrogen-bond donors (Lipinski definition) is 0. The van der Waals surface area contributed by atoms with Crippen LogP contribution in [0.5, 0.6) is 0 Å². The van der Waals surface area contributed by atoms with E-state index in [1.165, 1.54) is 12.1 Å². The van der Waals surface area contributed by atoms with Crippen molar-refractivity contribution in [1.29, 1.82) is 0 Å². The zero-order valence-corrected chi connectivity index (χ0v) is 8.64. The number of alkyl halides is 1. The normalized spacial score (nSPS) is 25.3. The number of halogens is 1. The van der Waals surface area contributed by atoms with E-state index in [1.54, 1.807) is 12.1 Å². The highest BCUT2D eigenvalue weighted by Gasteiger charge is 2.23. The minimum Gasteiger partial charge on any atom is -0.373 e. The van der Waals surface area contributed by atoms with Crippen LogP contribution in [0, 0.1) is 10.1 Å². The number of nitrogens with zero attached hydrogens (tertiary/aromatic N) is 1. The summed E-state index contributed by atoms with van der Waals surface area (Å²) in [7, 11) is 0. The number of benzene rings is 1. The Morgan fingerprint density at radius 1 is 1.38 bits per heavy atom. The molecule has 86 valence electrons. The first kappa shape index (κ1) is 11.0. The molecule has 2 unspecified atom stereocenters. The largest absolute Gasteiger partial charge is 0.373 e. The highest BCUT2D eigenvalue weighted by Crippen LogP contribution is 2.30. The minimum atomic E-state index is -0.839. The second kappa shape index (κ2) is 4.57. The Bertz CT molecular complexity index is 379. The summed E-state index contributed by atoms with van der Waals surface area (Å²) in [6, 6.07) is 6.09. The summed E-state index contributed by atoms with van der Waals surface area (Å²) in [5, 5.41) is 10.5. The molecule has 2 atom stereocenters. The van der Waals surface area contributed by atoms with Gasteiger partial charge >= 0.3 is 0 Å². The van der Waals surface area contributed by atoms with Crippen LogP contribution in [0.4, 0.5) is 10.1 Å². The van der Waals surface area contributed by atoms with Gasteiger partial charge in [-0.05, 0) is 17.7 Å². The van der Waals surface area contributed by atoms with E-state index in [0.717, 1.165) is 5.56 Å². The highest BCUT2D eigenvalue weighted by molar-refractivity contribution is 5.33. The van der Waals surface area contributed by atoms with E-state index in [-0.39, 0.29) is 11.8 Å². The fourth-order valence-electron chi connectivity index (χ4n) is 1.80. The zero-order chi connectivity index (χ0) is 11.5. The van der Waals surface area contributed by atoms with Gasteiger partial charge in [-0.15, -0.1) is 0 Å². The lowest BCUT2D eigenvalue weighted by molar-refractivity contribution is -0.384. The maximum atomic E-state index is 13.1. The van der Waals surface area contributed by atoms with Gasteiger partial charge in [0.2, 0.25) is 0 Å². The molecule has 0 radical (unpaired) electrons. The Balaban J connectivity index is 2.11. The van der Waals surface area contributed by atoms with Gasteiger partial charge in [-0.25, -0.2) is 4.39 Å². The summed E-state index contributed by atoms with van der Waals surface area (Å²) >= 11 is 0. The Hall–Kier alpha value is -1.49. The average Bonchev–Trinajstić information content (AvgIpc) is 2.29. The lowest BCUT2D eigenvalue weighted by Gasteiger charge is -2.25. The van der Waals surface area contributed by atoms with Gasteiger partial charge in [0.15, 0.2) is 0 Å². The van der Waals surface area contributed by atoms with Crippen molar-refractivity contribution in [3.63, 3.8) is 0 Å². The van der Waals surface area contributed by atoms with E-state index in [0.29, 0.717) is 19.4 Å². The molecule has 2 rings (SSSR count). The number of ether oxygens (including phenoxy) is 1. The van der Waals surface area contributed by atoms with Crippen LogP contribution < -0.4 is 0 Å². The predicted molar refractivity (Wildman–Crippen MR) is 55.9 cm³/mol. The number of hydrogen-bond acceptors (Lipinski definition) is 3. The molecule has 0 aliphatic carbocycles. The molecule has 1 aromatic carbocycles. The van der Waals surface area contributed by atoms with Crippen molar-refractivity contribution in [2.45, 2.75) is 25.1 Å². The van der Waals surface area contributed by atoms with Gasteiger partial charge in [0.05, 0.1) is 17.6 Å². The van der Waals surface area contributed by atoms with Crippen molar-refractivity contribution >= 4 is 5.69 Å². The van der Waals surface area contributed by atoms with E-state index < -0.39 is 11.1 Å². The van der Waals surface area contributed by atoms with E-state index in [9.17, 15) is 14.5 Å². The summed E-state index contributed by atoms with van der Waals surface area (Å²) < 4.78 is 18.6. The van der Waals surface area contributed by atoms with Gasteiger partial charge < -0.3 is 4.74 Å². The topological polar surface area (TPSA) is 52.4 Å². The van der Waals surface area contributed by atoms with Gasteiger partial charge in [0.1, 0.15) is 6.17 Å². The van der Waals surface area contributed by atoms with Gasteiger partial charge in [-0.2, -0.15) is 0 Å². The maximum Gasteiger partial charge on any atom is 0.269 e. The molecule has 5 heteroatoms. The van der Waals surface area contributed by atoms with Crippen LogP contribution in [0.1, 0.15) is 24.5 Å². The SMILES string of the molecule is O=[N+]([O-])c1ccc(C2CC(F)CCO2)cc1. The molecule has 1 aliphatic rings. The van der Waals surface area contributed by atoms with Crippen LogP contribution in [0.25, 0.3) is 0 Å². The Morgan fingerprint density at radius 2 is 2.06 bits per heavy atom. The van der Waals surface area contributed by atoms with Crippen molar-refractivity contribution in [2.75, 3.05) is 6.61 Å². The molecule has 0 saturated carbocycles. The standard InChI is InChI=1S/C11H12FNO3/c12-9-5-6-16-11(7-9)8-1-3-10(4-2-8)13(14)15/h1-4,9,11H,5-7H2. The number of nitro benzene ring substituents is 1. The lowest BCUT2D eigenvalue weighted by atomic mass is 10.00. The molecule has 1 fully saturated rings. The van der Waals surface area contributed by atoms with E-state index >= 15 is 0 Å². The number of nitro groups is 1. The van der Waals surface area contributed by atoms with Crippen molar-refractivity contribution in [3.05, 3.63) is 39.9 Å². The predicted octanol–water partition coefficient (Wildman–Crippen LogP) is 2.78. The quantitative estimate of drug-likeness (QED) is 0.574. The molecular formula is C11H12FNO3. The van der Waals surface area contributed by atoms with Crippen LogP contribution in [0.15, 0.2) is 24.3 Å². The van der Waals surface area contributed by atoms with Crippen molar-refractivity contribution in [1.82, 2.24) is 0 Å². The van der Waals surface area contributed by atoms with Crippen molar-refractivity contribution in [3.8, 4) is 0 Å². The van der Waals surface area contributed by atoms with Crippen LogP contribution in [-0.2, 0) is 4.74 Å². The van der Waals surface area contributed by atoms with Gasteiger partial charge in [-0.3, -0.25) is 10.1 Å². The van der Waals surface area contributed by atoms with Crippen LogP contribution in [0.3, 0.4) is 0 Å². The number of rotatable bonds is 2. The van der Waals surface area contributed by atoms with Gasteiger partial charge in [-0.1, -0.05) is 0 Å². The van der Waals surface area contributed by atoms with Crippen molar-refractivity contribution in [2.24, 2.45) is 0 Å². The summed E-state index contributed by atoms with van der Waals surface area (Å²) in [6.07, 6.45) is -0.347. The van der Waals surface area contributed by atoms with Crippen LogP contribution in [-0.4, -0.2) is 17.7 Å². The second-order valence-corrected chi connectivity index (χ2v) is 3.83. The Kier molecular flexibility index (Phi) is 3.14. The van der Waals surface area contributed by atoms with Crippen LogP contribution in [0.2, 0.25) is 0 Å². The first-order valence-corrected chi connectivity index (χ1v) is 5.17. The molecule has 0 aromatic heterocycles. The molecule has 0 bridgehead atoms. The molecular weight excluding hydrogens is 213 g/mol. The Morgan fingerprint density at radius 3 is 2.62 bits per heavy atom. The molecule has 16 heavy (non-hydrogen) atoms. The number of non-ortho nitro benzene ring substituents is 1. The van der Waals surface area contributed by atoms with Gasteiger partial charge in [0, 0.05) is 25.0 Å². The highest BCUT2D eigenvalue weighted by atomic mass is 19.1. The lowest BCUT2D eigenvalue weighted by Crippen LogP contribution is -2.20. The van der Waals surface area contributed by atoms with Crippen molar-refractivity contribution < 1.29 is 14.1 Å². The van der Waals surface area contributed by atoms with E-state index in [2.05, 4.69) is 0 Å². The Labute approximate surface area is 92.2 Å². The molecule has 4 nitrogen and oxygen atoms in total. The second-order valence-electron chi connectivity index (χ2n) is 3.83. The first-order chi connectivity index (χ1) is 7.66. The maximum absolute atomic E-state index is 13.1. The third kappa shape index (κ3) is 2.36. The molecule has 0 N–H and O–H groups in total. The summed E-state index contributed by atoms with van der Waals surface area (Å²) in [5.74, 6) is 0. The molecule has 1 heterocycles. The van der Waals surface area contributed by atoms with E-state index in [4.69, 9.17) is 4.74 Å². The van der Waals surface area contributed by atoms with Gasteiger partial charge in [0.25, 0.3) is 5.69 Å². The zero-order valence-electron chi connectivity index (χ0n) is 8.64.